The van der Waals surface area contributed by atoms with Gasteiger partial charge in [0.2, 0.25) is 5.91 Å². The molecule has 1 amide bonds. The van der Waals surface area contributed by atoms with Crippen LogP contribution in [0.1, 0.15) is 40.0 Å². The van der Waals surface area contributed by atoms with E-state index in [1.54, 1.807) is 0 Å². The molecule has 0 radical (unpaired) electrons. The predicted octanol–water partition coefficient (Wildman–Crippen LogP) is 1.65. The lowest BCUT2D eigenvalue weighted by molar-refractivity contribution is -0.154. The molecule has 0 aromatic carbocycles. The van der Waals surface area contributed by atoms with E-state index < -0.39 is 0 Å². The van der Waals surface area contributed by atoms with E-state index in [1.165, 1.54) is 0 Å². The van der Waals surface area contributed by atoms with Crippen LogP contribution in [0.2, 0.25) is 0 Å². The van der Waals surface area contributed by atoms with Crippen LogP contribution < -0.4 is 5.32 Å². The maximum atomic E-state index is 11.9. The minimum absolute atomic E-state index is 0.147. The molecule has 1 saturated heterocycles. The molecule has 19 heavy (non-hydrogen) atoms. The van der Waals surface area contributed by atoms with Gasteiger partial charge in [0, 0.05) is 30.5 Å². The summed E-state index contributed by atoms with van der Waals surface area (Å²) < 4.78 is 5.80. The maximum absolute atomic E-state index is 11.9. The van der Waals surface area contributed by atoms with Crippen LogP contribution >= 0.6 is 0 Å². The van der Waals surface area contributed by atoms with Crippen molar-refractivity contribution < 1.29 is 9.53 Å². The van der Waals surface area contributed by atoms with Crippen LogP contribution in [0, 0.1) is 11.3 Å². The van der Waals surface area contributed by atoms with Gasteiger partial charge in [0.15, 0.2) is 0 Å². The summed E-state index contributed by atoms with van der Waals surface area (Å²) in [5, 5.41) is 2.99. The van der Waals surface area contributed by atoms with E-state index in [0.29, 0.717) is 24.6 Å². The standard InChI is InChI=1S/C15H28N2O2/c1-5-6-8-16-12(18)10-17(4)13-11-7-9-19-14(11)15(13,2)3/h11,13-14H,5-10H2,1-4H3,(H,16,18)/t11-,13-,14-/m1/s1. The quantitative estimate of drug-likeness (QED) is 0.745. The van der Waals surface area contributed by atoms with Crippen LogP contribution in [0.3, 0.4) is 0 Å². The van der Waals surface area contributed by atoms with Crippen LogP contribution in [-0.4, -0.2) is 49.7 Å². The summed E-state index contributed by atoms with van der Waals surface area (Å²) in [6.07, 6.45) is 3.71. The number of nitrogens with one attached hydrogen (secondary N) is 1. The van der Waals surface area contributed by atoms with E-state index in [1.807, 2.05) is 0 Å². The van der Waals surface area contributed by atoms with Gasteiger partial charge in [-0.3, -0.25) is 9.69 Å². The van der Waals surface area contributed by atoms with Gasteiger partial charge in [-0.05, 0) is 19.9 Å². The first-order chi connectivity index (χ1) is 8.98. The highest BCUT2D eigenvalue weighted by Gasteiger charge is 2.60. The van der Waals surface area contributed by atoms with Crippen molar-refractivity contribution >= 4 is 5.91 Å². The van der Waals surface area contributed by atoms with E-state index in [0.717, 1.165) is 32.4 Å². The Morgan fingerprint density at radius 2 is 2.21 bits per heavy atom. The summed E-state index contributed by atoms with van der Waals surface area (Å²) in [5.41, 5.74) is 0.166. The Hall–Kier alpha value is -0.610. The predicted molar refractivity (Wildman–Crippen MR) is 76.0 cm³/mol. The second kappa shape index (κ2) is 5.80. The van der Waals surface area contributed by atoms with Crippen molar-refractivity contribution in [2.45, 2.75) is 52.2 Å². The molecule has 0 bridgehead atoms. The number of ether oxygens (including phenoxy) is 1. The van der Waals surface area contributed by atoms with Crippen LogP contribution in [0.25, 0.3) is 0 Å². The van der Waals surface area contributed by atoms with E-state index in [4.69, 9.17) is 4.74 Å². The zero-order valence-corrected chi connectivity index (χ0v) is 12.7. The molecule has 1 aliphatic carbocycles. The number of carbonyl (C=O) groups is 1. The Labute approximate surface area is 116 Å². The van der Waals surface area contributed by atoms with Crippen molar-refractivity contribution in [2.24, 2.45) is 11.3 Å². The zero-order chi connectivity index (χ0) is 14.0. The lowest BCUT2D eigenvalue weighted by atomic mass is 9.57. The average Bonchev–Trinajstić information content (AvgIpc) is 2.75. The van der Waals surface area contributed by atoms with Crippen LogP contribution in [0.5, 0.6) is 0 Å². The summed E-state index contributed by atoms with van der Waals surface area (Å²) in [7, 11) is 2.07. The molecule has 0 unspecified atom stereocenters. The molecular weight excluding hydrogens is 240 g/mol. The first-order valence-electron chi connectivity index (χ1n) is 7.57. The minimum atomic E-state index is 0.147. The van der Waals surface area contributed by atoms with Gasteiger partial charge in [-0.25, -0.2) is 0 Å². The number of carbonyl (C=O) groups excluding carboxylic acids is 1. The lowest BCUT2D eigenvalue weighted by Gasteiger charge is -2.57. The van der Waals surface area contributed by atoms with E-state index in [-0.39, 0.29) is 11.3 Å². The summed E-state index contributed by atoms with van der Waals surface area (Å²) in [6.45, 7) is 8.83. The van der Waals surface area contributed by atoms with Gasteiger partial charge in [-0.15, -0.1) is 0 Å². The van der Waals surface area contributed by atoms with E-state index >= 15 is 0 Å². The second-order valence-electron chi connectivity index (χ2n) is 6.63. The zero-order valence-electron chi connectivity index (χ0n) is 12.7. The summed E-state index contributed by atoms with van der Waals surface area (Å²) in [4.78, 5) is 14.1. The topological polar surface area (TPSA) is 41.6 Å². The fourth-order valence-corrected chi connectivity index (χ4v) is 3.98. The molecule has 1 N–H and O–H groups in total. The van der Waals surface area contributed by atoms with Gasteiger partial charge in [0.25, 0.3) is 0 Å². The molecule has 2 fully saturated rings. The molecular formula is C15H28N2O2. The van der Waals surface area contributed by atoms with Gasteiger partial charge in [-0.2, -0.15) is 0 Å². The fourth-order valence-electron chi connectivity index (χ4n) is 3.98. The summed E-state index contributed by atoms with van der Waals surface area (Å²) >= 11 is 0. The Morgan fingerprint density at radius 3 is 2.89 bits per heavy atom. The van der Waals surface area contributed by atoms with Crippen LogP contribution in [-0.2, 0) is 9.53 Å². The van der Waals surface area contributed by atoms with Gasteiger partial charge < -0.3 is 10.1 Å². The molecule has 0 spiro atoms. The van der Waals surface area contributed by atoms with Gasteiger partial charge in [-0.1, -0.05) is 27.2 Å². The largest absolute Gasteiger partial charge is 0.377 e. The lowest BCUT2D eigenvalue weighted by Crippen LogP contribution is -2.66. The Balaban J connectivity index is 1.83. The Kier molecular flexibility index (Phi) is 4.51. The van der Waals surface area contributed by atoms with Crippen molar-refractivity contribution in [1.82, 2.24) is 10.2 Å². The monoisotopic (exact) mass is 268 g/mol. The van der Waals surface area contributed by atoms with Crippen molar-refractivity contribution in [1.29, 1.82) is 0 Å². The van der Waals surface area contributed by atoms with Crippen LogP contribution in [0.4, 0.5) is 0 Å². The van der Waals surface area contributed by atoms with Gasteiger partial charge in [0.05, 0.1) is 12.6 Å². The molecule has 110 valence electrons. The molecule has 2 rings (SSSR count). The number of unbranched alkanes of at least 4 members (excludes halogenated alkanes) is 1. The molecule has 1 saturated carbocycles. The first kappa shape index (κ1) is 14.8. The number of hydrogen-bond acceptors (Lipinski definition) is 3. The normalized spacial score (nSPS) is 31.9. The summed E-state index contributed by atoms with van der Waals surface area (Å²) in [6, 6.07) is 0.469. The number of hydrogen-bond donors (Lipinski definition) is 1. The Bertz CT molecular complexity index is 330. The molecule has 0 aromatic heterocycles. The molecule has 4 nitrogen and oxygen atoms in total. The second-order valence-corrected chi connectivity index (χ2v) is 6.63. The third-order valence-electron chi connectivity index (χ3n) is 4.76. The fraction of sp³-hybridized carbons (Fsp3) is 0.933. The van der Waals surface area contributed by atoms with Crippen molar-refractivity contribution in [3.05, 3.63) is 0 Å². The first-order valence-corrected chi connectivity index (χ1v) is 7.57. The third-order valence-corrected chi connectivity index (χ3v) is 4.76. The highest BCUT2D eigenvalue weighted by atomic mass is 16.5. The van der Waals surface area contributed by atoms with Crippen LogP contribution in [0.15, 0.2) is 0 Å². The van der Waals surface area contributed by atoms with Gasteiger partial charge in [0.1, 0.15) is 0 Å². The van der Waals surface area contributed by atoms with E-state index in [9.17, 15) is 4.79 Å². The van der Waals surface area contributed by atoms with E-state index in [2.05, 4.69) is 38.0 Å². The number of likely N-dealkylation sites (N-methyl/N-ethyl adjacent to an activating group) is 1. The van der Waals surface area contributed by atoms with Gasteiger partial charge >= 0.3 is 0 Å². The molecule has 0 aromatic rings. The maximum Gasteiger partial charge on any atom is 0.234 e. The smallest absolute Gasteiger partial charge is 0.234 e. The Morgan fingerprint density at radius 1 is 1.47 bits per heavy atom. The number of amides is 1. The highest BCUT2D eigenvalue weighted by Crippen LogP contribution is 2.54. The highest BCUT2D eigenvalue weighted by molar-refractivity contribution is 5.78. The number of rotatable bonds is 6. The van der Waals surface area contributed by atoms with Crippen molar-refractivity contribution in [3.63, 3.8) is 0 Å². The van der Waals surface area contributed by atoms with Crippen molar-refractivity contribution in [3.8, 4) is 0 Å². The minimum Gasteiger partial charge on any atom is -0.377 e. The SMILES string of the molecule is CCCCNC(=O)CN(C)[C@@H]1[C@H]2CCO[C@H]2C1(C)C. The molecule has 2 aliphatic rings. The van der Waals surface area contributed by atoms with Crippen molar-refractivity contribution in [2.75, 3.05) is 26.7 Å². The number of nitrogens with zero attached hydrogens (tertiary/aromatic N) is 1. The molecule has 1 heterocycles. The number of fused-ring (bicyclic) bond motifs is 1. The average molecular weight is 268 g/mol. The molecule has 1 aliphatic heterocycles. The summed E-state index contributed by atoms with van der Waals surface area (Å²) in [5.74, 6) is 0.762. The third kappa shape index (κ3) is 2.79. The molecule has 4 heteroatoms. The molecule has 3 atom stereocenters.